The summed E-state index contributed by atoms with van der Waals surface area (Å²) in [6, 6.07) is 3.47. The molecule has 0 saturated heterocycles. The minimum absolute atomic E-state index is 0.103. The number of carbonyl (C=O) groups is 1. The van der Waals surface area contributed by atoms with Gasteiger partial charge in [0.05, 0.1) is 11.4 Å². The summed E-state index contributed by atoms with van der Waals surface area (Å²) in [7, 11) is 0. The Bertz CT molecular complexity index is 599. The molecule has 0 spiro atoms. The molecule has 1 aromatic rings. The van der Waals surface area contributed by atoms with Crippen molar-refractivity contribution in [3.63, 3.8) is 0 Å². The Kier molecular flexibility index (Phi) is 8.54. The van der Waals surface area contributed by atoms with Crippen LogP contribution in [-0.4, -0.2) is 29.7 Å². The molecule has 0 saturated carbocycles. The lowest BCUT2D eigenvalue weighted by Gasteiger charge is -2.07. The van der Waals surface area contributed by atoms with E-state index in [1.807, 2.05) is 32.9 Å². The van der Waals surface area contributed by atoms with Gasteiger partial charge in [-0.25, -0.2) is 0 Å². The fraction of sp³-hybridized carbons (Fsp3) is 0.389. The van der Waals surface area contributed by atoms with Gasteiger partial charge >= 0.3 is 0 Å². The zero-order valence-corrected chi connectivity index (χ0v) is 14.2. The number of pyridine rings is 1. The Morgan fingerprint density at radius 1 is 1.39 bits per heavy atom. The summed E-state index contributed by atoms with van der Waals surface area (Å²) in [4.78, 5) is 20.9. The molecule has 1 heterocycles. The lowest BCUT2D eigenvalue weighted by molar-refractivity contribution is 0.0953. The van der Waals surface area contributed by atoms with Gasteiger partial charge in [0.25, 0.3) is 5.91 Å². The zero-order chi connectivity index (χ0) is 17.1. The highest BCUT2D eigenvalue weighted by atomic mass is 16.1. The molecule has 0 unspecified atom stereocenters. The van der Waals surface area contributed by atoms with Crippen molar-refractivity contribution in [1.29, 1.82) is 0 Å². The van der Waals surface area contributed by atoms with Crippen LogP contribution in [0.2, 0.25) is 0 Å². The second-order valence-electron chi connectivity index (χ2n) is 5.40. The van der Waals surface area contributed by atoms with E-state index < -0.39 is 0 Å². The van der Waals surface area contributed by atoms with Gasteiger partial charge in [-0.2, -0.15) is 0 Å². The van der Waals surface area contributed by atoms with Gasteiger partial charge in [0, 0.05) is 24.5 Å². The maximum atomic E-state index is 12.2. The van der Waals surface area contributed by atoms with Crippen molar-refractivity contribution in [3.8, 4) is 0 Å². The number of amides is 1. The number of nitrogens with one attached hydrogen (secondary N) is 1. The second-order valence-corrected chi connectivity index (χ2v) is 5.40. The predicted octanol–water partition coefficient (Wildman–Crippen LogP) is 2.84. The molecule has 124 valence electrons. The molecule has 5 nitrogen and oxygen atoms in total. The molecule has 0 fully saturated rings. The first-order valence-corrected chi connectivity index (χ1v) is 7.87. The molecule has 0 aliphatic rings. The van der Waals surface area contributed by atoms with Gasteiger partial charge < -0.3 is 11.1 Å². The summed E-state index contributed by atoms with van der Waals surface area (Å²) in [6.45, 7) is 7.17. The predicted molar refractivity (Wildman–Crippen MR) is 95.6 cm³/mol. The van der Waals surface area contributed by atoms with E-state index >= 15 is 0 Å². The smallest absolute Gasteiger partial charge is 0.251 e. The number of allylic oxidation sites excluding steroid dienone is 3. The topological polar surface area (TPSA) is 80.4 Å². The molecule has 0 atom stereocenters. The molecule has 23 heavy (non-hydrogen) atoms. The Hall–Kier alpha value is -2.27. The fourth-order valence-electron chi connectivity index (χ4n) is 1.89. The van der Waals surface area contributed by atoms with Crippen LogP contribution in [-0.2, 0) is 0 Å². The molecule has 0 aromatic carbocycles. The maximum absolute atomic E-state index is 12.2. The highest BCUT2D eigenvalue weighted by Crippen LogP contribution is 2.07. The number of hydrogen-bond donors (Lipinski definition) is 2. The molecular weight excluding hydrogens is 288 g/mol. The Balaban J connectivity index is 2.93. The van der Waals surface area contributed by atoms with Gasteiger partial charge in [0.2, 0.25) is 0 Å². The van der Waals surface area contributed by atoms with E-state index in [2.05, 4.69) is 15.3 Å². The van der Waals surface area contributed by atoms with Crippen molar-refractivity contribution in [1.82, 2.24) is 10.3 Å². The van der Waals surface area contributed by atoms with E-state index in [9.17, 15) is 4.79 Å². The largest absolute Gasteiger partial charge is 0.352 e. The van der Waals surface area contributed by atoms with Crippen LogP contribution in [0.15, 0.2) is 47.2 Å². The Morgan fingerprint density at radius 2 is 2.17 bits per heavy atom. The number of unbranched alkanes of at least 4 members (excludes halogenated alkanes) is 1. The van der Waals surface area contributed by atoms with E-state index in [-0.39, 0.29) is 5.91 Å². The molecule has 0 bridgehead atoms. The van der Waals surface area contributed by atoms with E-state index in [0.717, 1.165) is 24.1 Å². The monoisotopic (exact) mass is 314 g/mol. The minimum atomic E-state index is -0.103. The van der Waals surface area contributed by atoms with E-state index in [1.54, 1.807) is 24.5 Å². The number of nitrogens with zero attached hydrogens (tertiary/aromatic N) is 2. The summed E-state index contributed by atoms with van der Waals surface area (Å²) in [5, 5.41) is 2.89. The fourth-order valence-corrected chi connectivity index (χ4v) is 1.89. The van der Waals surface area contributed by atoms with Gasteiger partial charge in [-0.3, -0.25) is 14.8 Å². The van der Waals surface area contributed by atoms with Gasteiger partial charge in [-0.05, 0) is 58.4 Å². The van der Waals surface area contributed by atoms with Crippen molar-refractivity contribution in [3.05, 3.63) is 53.5 Å². The van der Waals surface area contributed by atoms with Crippen molar-refractivity contribution in [2.75, 3.05) is 13.1 Å². The molecular formula is C18H26N4O. The van der Waals surface area contributed by atoms with E-state index in [0.29, 0.717) is 24.3 Å². The van der Waals surface area contributed by atoms with E-state index in [1.165, 1.54) is 0 Å². The summed E-state index contributed by atoms with van der Waals surface area (Å²) in [6.07, 6.45) is 8.94. The highest BCUT2D eigenvalue weighted by Gasteiger charge is 2.09. The third-order valence-electron chi connectivity index (χ3n) is 2.99. The number of hydrogen-bond acceptors (Lipinski definition) is 4. The van der Waals surface area contributed by atoms with Crippen molar-refractivity contribution < 1.29 is 4.79 Å². The number of aromatic nitrogens is 1. The summed E-state index contributed by atoms with van der Waals surface area (Å²) in [5.74, 6) is -0.103. The number of aliphatic imine (C=N–C) groups is 1. The number of carbonyl (C=O) groups excluding carboxylic acids is 1. The summed E-state index contributed by atoms with van der Waals surface area (Å²) < 4.78 is 0. The maximum Gasteiger partial charge on any atom is 0.251 e. The molecule has 1 amide bonds. The molecule has 1 aromatic heterocycles. The molecule has 0 aliphatic heterocycles. The average Bonchev–Trinajstić information content (AvgIpc) is 2.55. The van der Waals surface area contributed by atoms with E-state index in [4.69, 9.17) is 5.73 Å². The lowest BCUT2D eigenvalue weighted by atomic mass is 10.1. The Morgan fingerprint density at radius 3 is 2.83 bits per heavy atom. The van der Waals surface area contributed by atoms with Crippen LogP contribution in [0.25, 0.3) is 0 Å². The summed E-state index contributed by atoms with van der Waals surface area (Å²) >= 11 is 0. The van der Waals surface area contributed by atoms with Crippen LogP contribution in [0, 0.1) is 0 Å². The van der Waals surface area contributed by atoms with Crippen molar-refractivity contribution in [2.45, 2.75) is 33.6 Å². The standard InChI is InChI=1S/C18H26N4O/c1-4-9-20-16(12-14(2)3)17-13-15(7-11-21-17)18(23)22-10-6-5-8-19/h4,7,9,11-13H,5-6,8,10,19H2,1-3H3,(H,22,23)/b9-4+,20-16?. The number of rotatable bonds is 8. The van der Waals surface area contributed by atoms with Gasteiger partial charge in [0.15, 0.2) is 0 Å². The molecule has 0 aliphatic carbocycles. The van der Waals surface area contributed by atoms with Crippen LogP contribution in [0.4, 0.5) is 0 Å². The first kappa shape index (κ1) is 18.8. The number of nitrogens with two attached hydrogens (primary N) is 1. The van der Waals surface area contributed by atoms with Crippen LogP contribution < -0.4 is 11.1 Å². The molecule has 5 heteroatoms. The third kappa shape index (κ3) is 7.02. The molecule has 0 radical (unpaired) electrons. The first-order valence-electron chi connectivity index (χ1n) is 7.87. The van der Waals surface area contributed by atoms with Gasteiger partial charge in [-0.15, -0.1) is 0 Å². The first-order chi connectivity index (χ1) is 11.1. The average molecular weight is 314 g/mol. The van der Waals surface area contributed by atoms with Crippen LogP contribution in [0.5, 0.6) is 0 Å². The quantitative estimate of drug-likeness (QED) is 0.572. The van der Waals surface area contributed by atoms with Crippen LogP contribution in [0.3, 0.4) is 0 Å². The molecule has 3 N–H and O–H groups in total. The third-order valence-corrected chi connectivity index (χ3v) is 2.99. The van der Waals surface area contributed by atoms with Crippen LogP contribution in [0.1, 0.15) is 49.7 Å². The molecule has 1 rings (SSSR count). The Labute approximate surface area is 138 Å². The minimum Gasteiger partial charge on any atom is -0.352 e. The second kappa shape index (κ2) is 10.5. The lowest BCUT2D eigenvalue weighted by Crippen LogP contribution is -2.25. The zero-order valence-electron chi connectivity index (χ0n) is 14.2. The van der Waals surface area contributed by atoms with Gasteiger partial charge in [-0.1, -0.05) is 11.6 Å². The van der Waals surface area contributed by atoms with Crippen LogP contribution >= 0.6 is 0 Å². The van der Waals surface area contributed by atoms with Crippen molar-refractivity contribution in [2.24, 2.45) is 10.7 Å². The van der Waals surface area contributed by atoms with Gasteiger partial charge in [0.1, 0.15) is 0 Å². The highest BCUT2D eigenvalue weighted by molar-refractivity contribution is 6.09. The summed E-state index contributed by atoms with van der Waals surface area (Å²) in [5.41, 5.74) is 8.56. The normalized spacial score (nSPS) is 11.6. The SMILES string of the molecule is C/C=C/N=C(C=C(C)C)c1cc(C(=O)NCCCCN)ccn1. The van der Waals surface area contributed by atoms with Crippen molar-refractivity contribution >= 4 is 11.6 Å².